The van der Waals surface area contributed by atoms with Gasteiger partial charge >= 0.3 is 0 Å². The first-order valence-electron chi connectivity index (χ1n) is 6.89. The van der Waals surface area contributed by atoms with Gasteiger partial charge in [0.2, 0.25) is 11.8 Å². The van der Waals surface area contributed by atoms with Crippen molar-refractivity contribution >= 4 is 29.1 Å². The van der Waals surface area contributed by atoms with Gasteiger partial charge in [-0.1, -0.05) is 44.0 Å². The summed E-state index contributed by atoms with van der Waals surface area (Å²) in [6, 6.07) is 6.74. The van der Waals surface area contributed by atoms with Crippen molar-refractivity contribution in [3.05, 3.63) is 29.3 Å². The van der Waals surface area contributed by atoms with Gasteiger partial charge in [0.25, 0.3) is 0 Å². The van der Waals surface area contributed by atoms with E-state index in [9.17, 15) is 9.59 Å². The smallest absolute Gasteiger partial charge is 0.249 e. The van der Waals surface area contributed by atoms with Crippen molar-refractivity contribution in [2.24, 2.45) is 5.92 Å². The number of hydrogen-bond acceptors (Lipinski definition) is 2. The SMILES string of the molecule is CCC(C)C1NC(=O)CCN(c2ccccc2Cl)C1=O. The Bertz CT molecular complexity index is 518. The topological polar surface area (TPSA) is 49.4 Å². The summed E-state index contributed by atoms with van der Waals surface area (Å²) in [7, 11) is 0. The van der Waals surface area contributed by atoms with E-state index in [2.05, 4.69) is 5.32 Å². The lowest BCUT2D eigenvalue weighted by atomic mass is 9.98. The first-order chi connectivity index (χ1) is 9.54. The molecule has 1 aliphatic rings. The van der Waals surface area contributed by atoms with Gasteiger partial charge < -0.3 is 10.2 Å². The lowest BCUT2D eigenvalue weighted by Crippen LogP contribution is -2.48. The number of carbonyl (C=O) groups excluding carboxylic acids is 2. The molecule has 1 N–H and O–H groups in total. The molecule has 20 heavy (non-hydrogen) atoms. The van der Waals surface area contributed by atoms with Crippen LogP contribution < -0.4 is 10.2 Å². The Balaban J connectivity index is 2.35. The maximum atomic E-state index is 12.7. The Labute approximate surface area is 124 Å². The number of rotatable bonds is 3. The van der Waals surface area contributed by atoms with Gasteiger partial charge in [0.15, 0.2) is 0 Å². The number of para-hydroxylation sites is 1. The van der Waals surface area contributed by atoms with E-state index in [0.29, 0.717) is 23.7 Å². The van der Waals surface area contributed by atoms with E-state index in [1.165, 1.54) is 0 Å². The molecular weight excluding hydrogens is 276 g/mol. The molecule has 2 unspecified atom stereocenters. The summed E-state index contributed by atoms with van der Waals surface area (Å²) in [5.41, 5.74) is 0.670. The molecule has 5 heteroatoms. The third-order valence-corrected chi connectivity index (χ3v) is 4.09. The van der Waals surface area contributed by atoms with Crippen molar-refractivity contribution in [1.29, 1.82) is 0 Å². The van der Waals surface area contributed by atoms with Gasteiger partial charge in [-0.05, 0) is 18.1 Å². The van der Waals surface area contributed by atoms with E-state index >= 15 is 0 Å². The maximum absolute atomic E-state index is 12.7. The van der Waals surface area contributed by atoms with Gasteiger partial charge in [0, 0.05) is 13.0 Å². The summed E-state index contributed by atoms with van der Waals surface area (Å²) in [4.78, 5) is 26.1. The van der Waals surface area contributed by atoms with E-state index in [0.717, 1.165) is 6.42 Å². The Morgan fingerprint density at radius 1 is 1.40 bits per heavy atom. The van der Waals surface area contributed by atoms with E-state index in [4.69, 9.17) is 11.6 Å². The van der Waals surface area contributed by atoms with E-state index in [1.807, 2.05) is 32.0 Å². The molecular formula is C15H19ClN2O2. The Kier molecular flexibility index (Phi) is 4.65. The summed E-state index contributed by atoms with van der Waals surface area (Å²) in [6.45, 7) is 4.34. The molecule has 1 heterocycles. The van der Waals surface area contributed by atoms with Crippen LogP contribution in [-0.4, -0.2) is 24.4 Å². The fourth-order valence-electron chi connectivity index (χ4n) is 2.33. The molecule has 2 atom stereocenters. The van der Waals surface area contributed by atoms with Crippen molar-refractivity contribution < 1.29 is 9.59 Å². The highest BCUT2D eigenvalue weighted by Crippen LogP contribution is 2.28. The van der Waals surface area contributed by atoms with Crippen LogP contribution in [0.15, 0.2) is 24.3 Å². The fraction of sp³-hybridized carbons (Fsp3) is 0.467. The summed E-state index contributed by atoms with van der Waals surface area (Å²) in [6.07, 6.45) is 1.12. The molecule has 2 amide bonds. The molecule has 0 aromatic heterocycles. The van der Waals surface area contributed by atoms with Gasteiger partial charge in [0.1, 0.15) is 6.04 Å². The van der Waals surface area contributed by atoms with Gasteiger partial charge in [-0.2, -0.15) is 0 Å². The second-order valence-corrected chi connectivity index (χ2v) is 5.53. The predicted molar refractivity (Wildman–Crippen MR) is 79.8 cm³/mol. The molecule has 108 valence electrons. The minimum absolute atomic E-state index is 0.0849. The molecule has 1 aromatic rings. The average molecular weight is 295 g/mol. The second-order valence-electron chi connectivity index (χ2n) is 5.12. The predicted octanol–water partition coefficient (Wildman–Crippen LogP) is 2.61. The van der Waals surface area contributed by atoms with Crippen LogP contribution in [-0.2, 0) is 9.59 Å². The summed E-state index contributed by atoms with van der Waals surface area (Å²) >= 11 is 6.17. The van der Waals surface area contributed by atoms with E-state index < -0.39 is 6.04 Å². The lowest BCUT2D eigenvalue weighted by Gasteiger charge is -2.27. The molecule has 0 radical (unpaired) electrons. The number of benzene rings is 1. The molecule has 1 fully saturated rings. The van der Waals surface area contributed by atoms with E-state index in [-0.39, 0.29) is 17.7 Å². The van der Waals surface area contributed by atoms with Gasteiger partial charge in [-0.15, -0.1) is 0 Å². The molecule has 1 saturated heterocycles. The molecule has 0 saturated carbocycles. The Hall–Kier alpha value is -1.55. The van der Waals surface area contributed by atoms with Crippen LogP contribution in [0.2, 0.25) is 5.02 Å². The molecule has 1 aliphatic heterocycles. The minimum Gasteiger partial charge on any atom is -0.344 e. The van der Waals surface area contributed by atoms with Gasteiger partial charge in [-0.25, -0.2) is 0 Å². The third-order valence-electron chi connectivity index (χ3n) is 3.77. The number of halogens is 1. The van der Waals surface area contributed by atoms with Crippen LogP contribution in [0.25, 0.3) is 0 Å². The molecule has 1 aromatic carbocycles. The monoisotopic (exact) mass is 294 g/mol. The number of hydrogen-bond donors (Lipinski definition) is 1. The van der Waals surface area contributed by atoms with Crippen molar-refractivity contribution in [2.75, 3.05) is 11.4 Å². The van der Waals surface area contributed by atoms with Crippen LogP contribution in [0, 0.1) is 5.92 Å². The highest BCUT2D eigenvalue weighted by Gasteiger charge is 2.34. The summed E-state index contributed by atoms with van der Waals surface area (Å²) < 4.78 is 0. The summed E-state index contributed by atoms with van der Waals surface area (Å²) in [5.74, 6) is -0.0777. The van der Waals surface area contributed by atoms with E-state index in [1.54, 1.807) is 11.0 Å². The second kappa shape index (κ2) is 6.27. The molecule has 0 bridgehead atoms. The van der Waals surface area contributed by atoms with Crippen LogP contribution >= 0.6 is 11.6 Å². The first-order valence-corrected chi connectivity index (χ1v) is 7.27. The maximum Gasteiger partial charge on any atom is 0.249 e. The number of amides is 2. The van der Waals surface area contributed by atoms with Crippen molar-refractivity contribution in [2.45, 2.75) is 32.7 Å². The standard InChI is InChI=1S/C15H19ClN2O2/c1-3-10(2)14-15(20)18(9-8-13(19)17-14)12-7-5-4-6-11(12)16/h4-7,10,14H,3,8-9H2,1-2H3,(H,17,19). The molecule has 0 aliphatic carbocycles. The normalized spacial score (nSPS) is 21.4. The number of carbonyl (C=O) groups is 2. The zero-order valence-corrected chi connectivity index (χ0v) is 12.5. The first kappa shape index (κ1) is 14.9. The number of nitrogens with zero attached hydrogens (tertiary/aromatic N) is 1. The zero-order valence-electron chi connectivity index (χ0n) is 11.7. The fourth-order valence-corrected chi connectivity index (χ4v) is 2.57. The van der Waals surface area contributed by atoms with Gasteiger partial charge in [0.05, 0.1) is 10.7 Å². The quantitative estimate of drug-likeness (QED) is 0.931. The van der Waals surface area contributed by atoms with Crippen molar-refractivity contribution in [3.63, 3.8) is 0 Å². The van der Waals surface area contributed by atoms with Crippen LogP contribution in [0.4, 0.5) is 5.69 Å². The molecule has 0 spiro atoms. The average Bonchev–Trinajstić information content (AvgIpc) is 2.59. The van der Waals surface area contributed by atoms with Crippen LogP contribution in [0.3, 0.4) is 0 Å². The van der Waals surface area contributed by atoms with Gasteiger partial charge in [-0.3, -0.25) is 9.59 Å². The highest BCUT2D eigenvalue weighted by atomic mass is 35.5. The van der Waals surface area contributed by atoms with Crippen LogP contribution in [0.1, 0.15) is 26.7 Å². The third kappa shape index (κ3) is 2.96. The minimum atomic E-state index is -0.480. The number of nitrogens with one attached hydrogen (secondary N) is 1. The Morgan fingerprint density at radius 3 is 2.75 bits per heavy atom. The zero-order chi connectivity index (χ0) is 14.7. The largest absolute Gasteiger partial charge is 0.344 e. The van der Waals surface area contributed by atoms with Crippen molar-refractivity contribution in [3.8, 4) is 0 Å². The Morgan fingerprint density at radius 2 is 2.10 bits per heavy atom. The number of anilines is 1. The summed E-state index contributed by atoms with van der Waals surface area (Å²) in [5, 5.41) is 3.35. The molecule has 2 rings (SSSR count). The van der Waals surface area contributed by atoms with Crippen LogP contribution in [0.5, 0.6) is 0 Å². The lowest BCUT2D eigenvalue weighted by molar-refractivity contribution is -0.126. The highest BCUT2D eigenvalue weighted by molar-refractivity contribution is 6.33. The van der Waals surface area contributed by atoms with Crippen molar-refractivity contribution in [1.82, 2.24) is 5.32 Å². The molecule has 4 nitrogen and oxygen atoms in total.